The van der Waals surface area contributed by atoms with Crippen molar-refractivity contribution in [2.24, 2.45) is 0 Å². The van der Waals surface area contributed by atoms with E-state index in [2.05, 4.69) is 45.3 Å². The third-order valence-corrected chi connectivity index (χ3v) is 3.80. The Morgan fingerprint density at radius 3 is 2.82 bits per heavy atom. The Balaban J connectivity index is 2.07. The number of amides is 1. The van der Waals surface area contributed by atoms with Crippen molar-refractivity contribution in [3.63, 3.8) is 0 Å². The molecular formula is C11H12BrN3OS. The average Bonchev–Trinajstić information content (AvgIpc) is 2.86. The molecule has 0 unspecified atom stereocenters. The third kappa shape index (κ3) is 2.95. The number of H-pyrrole nitrogens is 1. The Kier molecular flexibility index (Phi) is 3.63. The van der Waals surface area contributed by atoms with Crippen molar-refractivity contribution in [3.05, 3.63) is 32.6 Å². The standard InChI is InChI=1S/C11H12BrN3OS/c1-6(2)8-4-10(15-14-8)13-11(16)7-3-9(12)17-5-7/h3-6H,1-2H3,(H2,13,14,15,16). The van der Waals surface area contributed by atoms with E-state index in [4.69, 9.17) is 0 Å². The van der Waals surface area contributed by atoms with Crippen molar-refractivity contribution in [1.29, 1.82) is 0 Å². The topological polar surface area (TPSA) is 57.8 Å². The molecule has 1 amide bonds. The second-order valence-electron chi connectivity index (χ2n) is 3.96. The van der Waals surface area contributed by atoms with E-state index in [1.807, 2.05) is 6.07 Å². The second kappa shape index (κ2) is 5.01. The fourth-order valence-electron chi connectivity index (χ4n) is 1.31. The smallest absolute Gasteiger partial charge is 0.257 e. The molecule has 0 aliphatic carbocycles. The highest BCUT2D eigenvalue weighted by atomic mass is 79.9. The summed E-state index contributed by atoms with van der Waals surface area (Å²) < 4.78 is 0.938. The van der Waals surface area contributed by atoms with Crippen LogP contribution in [-0.2, 0) is 0 Å². The summed E-state index contributed by atoms with van der Waals surface area (Å²) in [6, 6.07) is 3.64. The molecule has 17 heavy (non-hydrogen) atoms. The van der Waals surface area contributed by atoms with Crippen LogP contribution in [0.5, 0.6) is 0 Å². The molecule has 2 aromatic heterocycles. The minimum Gasteiger partial charge on any atom is -0.305 e. The van der Waals surface area contributed by atoms with Gasteiger partial charge in [0.05, 0.1) is 9.35 Å². The monoisotopic (exact) mass is 313 g/mol. The number of aromatic nitrogens is 2. The molecule has 0 bridgehead atoms. The lowest BCUT2D eigenvalue weighted by molar-refractivity contribution is 0.102. The SMILES string of the molecule is CC(C)c1cc(NC(=O)c2csc(Br)c2)n[nH]1. The van der Waals surface area contributed by atoms with E-state index < -0.39 is 0 Å². The maximum absolute atomic E-state index is 11.8. The van der Waals surface area contributed by atoms with E-state index in [1.165, 1.54) is 11.3 Å². The summed E-state index contributed by atoms with van der Waals surface area (Å²) in [5.74, 6) is 0.776. The second-order valence-corrected chi connectivity index (χ2v) is 6.25. The van der Waals surface area contributed by atoms with Gasteiger partial charge in [-0.2, -0.15) is 5.10 Å². The zero-order chi connectivity index (χ0) is 12.4. The predicted octanol–water partition coefficient (Wildman–Crippen LogP) is 3.61. The molecule has 0 aromatic carbocycles. The highest BCUT2D eigenvalue weighted by Gasteiger charge is 2.11. The van der Waals surface area contributed by atoms with Crippen LogP contribution in [-0.4, -0.2) is 16.1 Å². The first-order valence-electron chi connectivity index (χ1n) is 5.17. The lowest BCUT2D eigenvalue weighted by Gasteiger charge is -1.98. The number of hydrogen-bond donors (Lipinski definition) is 2. The number of hydrogen-bond acceptors (Lipinski definition) is 3. The Morgan fingerprint density at radius 1 is 1.53 bits per heavy atom. The van der Waals surface area contributed by atoms with Crippen molar-refractivity contribution >= 4 is 39.0 Å². The highest BCUT2D eigenvalue weighted by Crippen LogP contribution is 2.21. The average molecular weight is 314 g/mol. The van der Waals surface area contributed by atoms with Gasteiger partial charge in [0.15, 0.2) is 5.82 Å². The molecule has 2 N–H and O–H groups in total. The number of nitrogens with one attached hydrogen (secondary N) is 2. The Hall–Kier alpha value is -1.14. The van der Waals surface area contributed by atoms with E-state index in [0.29, 0.717) is 17.3 Å². The first-order chi connectivity index (χ1) is 8.06. The third-order valence-electron chi connectivity index (χ3n) is 2.29. The van der Waals surface area contributed by atoms with Crippen LogP contribution in [0.4, 0.5) is 5.82 Å². The highest BCUT2D eigenvalue weighted by molar-refractivity contribution is 9.11. The van der Waals surface area contributed by atoms with Gasteiger partial charge in [0.1, 0.15) is 0 Å². The summed E-state index contributed by atoms with van der Waals surface area (Å²) in [6.45, 7) is 4.13. The molecule has 0 spiro atoms. The van der Waals surface area contributed by atoms with E-state index in [-0.39, 0.29) is 5.91 Å². The quantitative estimate of drug-likeness (QED) is 0.909. The number of carbonyl (C=O) groups is 1. The van der Waals surface area contributed by atoms with E-state index in [1.54, 1.807) is 11.4 Å². The maximum Gasteiger partial charge on any atom is 0.257 e. The van der Waals surface area contributed by atoms with E-state index >= 15 is 0 Å². The lowest BCUT2D eigenvalue weighted by Crippen LogP contribution is -2.10. The molecule has 2 rings (SSSR count). The molecule has 2 heterocycles. The molecule has 0 fully saturated rings. The molecule has 6 heteroatoms. The number of halogens is 1. The zero-order valence-electron chi connectivity index (χ0n) is 9.45. The van der Waals surface area contributed by atoms with Gasteiger partial charge in [0.25, 0.3) is 5.91 Å². The first-order valence-corrected chi connectivity index (χ1v) is 6.84. The number of rotatable bonds is 3. The Labute approximate surface area is 112 Å². The summed E-state index contributed by atoms with van der Waals surface area (Å²) >= 11 is 4.81. The Bertz CT molecular complexity index is 532. The number of carbonyl (C=O) groups excluding carboxylic acids is 1. The van der Waals surface area contributed by atoms with Gasteiger partial charge in [-0.1, -0.05) is 13.8 Å². The molecule has 0 aliphatic rings. The number of nitrogens with zero attached hydrogens (tertiary/aromatic N) is 1. The van der Waals surface area contributed by atoms with Crippen LogP contribution in [0.2, 0.25) is 0 Å². The minimum absolute atomic E-state index is 0.145. The van der Waals surface area contributed by atoms with Crippen molar-refractivity contribution in [3.8, 4) is 0 Å². The summed E-state index contributed by atoms with van der Waals surface area (Å²) in [5, 5.41) is 11.5. The lowest BCUT2D eigenvalue weighted by atomic mass is 10.1. The molecular weight excluding hydrogens is 302 g/mol. The van der Waals surface area contributed by atoms with Crippen LogP contribution in [0.25, 0.3) is 0 Å². The minimum atomic E-state index is -0.145. The van der Waals surface area contributed by atoms with Crippen molar-refractivity contribution < 1.29 is 4.79 Å². The van der Waals surface area contributed by atoms with Crippen LogP contribution >= 0.6 is 27.3 Å². The largest absolute Gasteiger partial charge is 0.305 e. The molecule has 4 nitrogen and oxygen atoms in total. The van der Waals surface area contributed by atoms with Crippen LogP contribution in [0.15, 0.2) is 21.3 Å². The molecule has 2 aromatic rings. The van der Waals surface area contributed by atoms with Crippen LogP contribution < -0.4 is 5.32 Å². The fraction of sp³-hybridized carbons (Fsp3) is 0.273. The predicted molar refractivity (Wildman–Crippen MR) is 72.6 cm³/mol. The van der Waals surface area contributed by atoms with Gasteiger partial charge in [-0.05, 0) is 27.9 Å². The summed E-state index contributed by atoms with van der Waals surface area (Å²) in [7, 11) is 0. The summed E-state index contributed by atoms with van der Waals surface area (Å²) in [4.78, 5) is 11.8. The number of thiophene rings is 1. The van der Waals surface area contributed by atoms with Crippen LogP contribution in [0, 0.1) is 0 Å². The van der Waals surface area contributed by atoms with Crippen molar-refractivity contribution in [2.75, 3.05) is 5.32 Å². The molecule has 0 radical (unpaired) electrons. The van der Waals surface area contributed by atoms with Crippen LogP contribution in [0.1, 0.15) is 35.8 Å². The zero-order valence-corrected chi connectivity index (χ0v) is 11.9. The molecule has 0 aliphatic heterocycles. The fourth-order valence-corrected chi connectivity index (χ4v) is 2.45. The summed E-state index contributed by atoms with van der Waals surface area (Å²) in [5.41, 5.74) is 1.64. The Morgan fingerprint density at radius 2 is 2.29 bits per heavy atom. The van der Waals surface area contributed by atoms with Gasteiger partial charge in [-0.15, -0.1) is 11.3 Å². The van der Waals surface area contributed by atoms with Crippen molar-refractivity contribution in [1.82, 2.24) is 10.2 Å². The van der Waals surface area contributed by atoms with Gasteiger partial charge in [-0.25, -0.2) is 0 Å². The molecule has 0 saturated heterocycles. The van der Waals surface area contributed by atoms with Gasteiger partial charge in [0, 0.05) is 17.1 Å². The summed E-state index contributed by atoms with van der Waals surface area (Å²) in [6.07, 6.45) is 0. The molecule has 90 valence electrons. The number of aromatic amines is 1. The molecule has 0 atom stereocenters. The van der Waals surface area contributed by atoms with Crippen molar-refractivity contribution in [2.45, 2.75) is 19.8 Å². The van der Waals surface area contributed by atoms with Gasteiger partial charge < -0.3 is 5.32 Å². The number of anilines is 1. The van der Waals surface area contributed by atoms with Gasteiger partial charge in [-0.3, -0.25) is 9.89 Å². The molecule has 0 saturated carbocycles. The van der Waals surface area contributed by atoms with E-state index in [0.717, 1.165) is 9.48 Å². The normalized spacial score (nSPS) is 10.8. The van der Waals surface area contributed by atoms with Crippen LogP contribution in [0.3, 0.4) is 0 Å². The first kappa shape index (κ1) is 12.3. The van der Waals surface area contributed by atoms with E-state index in [9.17, 15) is 4.79 Å². The maximum atomic E-state index is 11.8. The van der Waals surface area contributed by atoms with Gasteiger partial charge >= 0.3 is 0 Å². The van der Waals surface area contributed by atoms with Gasteiger partial charge in [0.2, 0.25) is 0 Å².